The van der Waals surface area contributed by atoms with E-state index in [4.69, 9.17) is 14.2 Å². The van der Waals surface area contributed by atoms with E-state index < -0.39 is 6.10 Å². The molecule has 6 heteroatoms. The van der Waals surface area contributed by atoms with Gasteiger partial charge in [0.2, 0.25) is 0 Å². The number of hydrogen-bond donors (Lipinski definition) is 0. The third-order valence-corrected chi connectivity index (χ3v) is 9.93. The largest absolute Gasteiger partial charge is 0.462 e. The lowest BCUT2D eigenvalue weighted by Gasteiger charge is -2.18. The van der Waals surface area contributed by atoms with Crippen LogP contribution in [0.25, 0.3) is 0 Å². The molecule has 0 aromatic heterocycles. The molecule has 63 heavy (non-hydrogen) atoms. The number of rotatable bonds is 43. The van der Waals surface area contributed by atoms with E-state index in [9.17, 15) is 14.4 Å². The minimum absolute atomic E-state index is 0.114. The lowest BCUT2D eigenvalue weighted by Crippen LogP contribution is -2.30. The van der Waals surface area contributed by atoms with Gasteiger partial charge in [0.15, 0.2) is 6.10 Å². The molecule has 6 nitrogen and oxygen atoms in total. The van der Waals surface area contributed by atoms with Crippen LogP contribution in [0.5, 0.6) is 0 Å². The number of unbranched alkanes of at least 4 members (excludes halogenated alkanes) is 12. The Labute approximate surface area is 386 Å². The maximum Gasteiger partial charge on any atom is 0.306 e. The molecule has 0 fully saturated rings. The van der Waals surface area contributed by atoms with Gasteiger partial charge in [0.05, 0.1) is 0 Å². The molecule has 354 valence electrons. The maximum atomic E-state index is 12.8. The number of carbonyl (C=O) groups excluding carboxylic acids is 3. The van der Waals surface area contributed by atoms with Crippen LogP contribution in [0.2, 0.25) is 0 Å². The first-order valence-electron chi connectivity index (χ1n) is 25.0. The first-order valence-corrected chi connectivity index (χ1v) is 25.0. The van der Waals surface area contributed by atoms with Crippen LogP contribution in [0.4, 0.5) is 0 Å². The zero-order chi connectivity index (χ0) is 45.8. The van der Waals surface area contributed by atoms with Crippen molar-refractivity contribution in [2.24, 2.45) is 0 Å². The highest BCUT2D eigenvalue weighted by Gasteiger charge is 2.19. The van der Waals surface area contributed by atoms with Crippen LogP contribution in [0.15, 0.2) is 122 Å². The van der Waals surface area contributed by atoms with Crippen molar-refractivity contribution in [1.82, 2.24) is 0 Å². The van der Waals surface area contributed by atoms with Crippen LogP contribution in [0, 0.1) is 0 Å². The molecule has 0 N–H and O–H groups in total. The first kappa shape index (κ1) is 58.8. The van der Waals surface area contributed by atoms with Crippen molar-refractivity contribution >= 4 is 17.9 Å². The van der Waals surface area contributed by atoms with Crippen molar-refractivity contribution in [1.29, 1.82) is 0 Å². The number of carbonyl (C=O) groups is 3. The topological polar surface area (TPSA) is 78.9 Å². The average molecular weight is 871 g/mol. The minimum atomic E-state index is -0.819. The second kappa shape index (κ2) is 50.5. The standard InChI is InChI=1S/C57H90O6/c1-4-7-10-13-16-19-22-24-26-27-28-29-31-32-35-38-41-44-47-50-56(59)62-53-54(52-61-55(58)49-46-43-40-37-34-21-18-15-12-9-6-3)63-57(60)51-48-45-42-39-36-33-30-25-23-20-17-14-11-8-5-2/h7-8,10-11,15-20,24-26,28-30,32,35-36,39,54H,4-6,9,12-14,21-23,27,31,33-34,37-38,40-53H2,1-3H3/b10-7-,11-8-,18-15-,19-16-,20-17-,26-24-,29-28-,30-25-,35-32-,39-36-/t54-/m1/s1. The Bertz CT molecular complexity index is 1370. The predicted octanol–water partition coefficient (Wildman–Crippen LogP) is 16.5. The van der Waals surface area contributed by atoms with E-state index in [1.165, 1.54) is 25.7 Å². The number of hydrogen-bond acceptors (Lipinski definition) is 6. The van der Waals surface area contributed by atoms with E-state index >= 15 is 0 Å². The van der Waals surface area contributed by atoms with E-state index in [-0.39, 0.29) is 37.5 Å². The van der Waals surface area contributed by atoms with Gasteiger partial charge in [-0.05, 0) is 122 Å². The van der Waals surface area contributed by atoms with E-state index in [1.807, 2.05) is 0 Å². The zero-order valence-corrected chi connectivity index (χ0v) is 40.3. The predicted molar refractivity (Wildman–Crippen MR) is 269 cm³/mol. The van der Waals surface area contributed by atoms with Gasteiger partial charge >= 0.3 is 17.9 Å². The Morgan fingerprint density at radius 1 is 0.333 bits per heavy atom. The Hall–Kier alpha value is -4.19. The molecule has 0 aliphatic rings. The molecule has 0 saturated heterocycles. The molecule has 0 unspecified atom stereocenters. The summed E-state index contributed by atoms with van der Waals surface area (Å²) >= 11 is 0. The highest BCUT2D eigenvalue weighted by atomic mass is 16.6. The minimum Gasteiger partial charge on any atom is -0.462 e. The normalized spacial score (nSPS) is 13.1. The van der Waals surface area contributed by atoms with Gasteiger partial charge in [-0.3, -0.25) is 14.4 Å². The highest BCUT2D eigenvalue weighted by Crippen LogP contribution is 2.12. The molecule has 0 aliphatic heterocycles. The summed E-state index contributed by atoms with van der Waals surface area (Å²) < 4.78 is 16.7. The fourth-order valence-corrected chi connectivity index (χ4v) is 6.20. The molecule has 0 aromatic rings. The molecule has 0 aromatic carbocycles. The second-order valence-corrected chi connectivity index (χ2v) is 16.0. The van der Waals surface area contributed by atoms with Crippen molar-refractivity contribution in [3.63, 3.8) is 0 Å². The summed E-state index contributed by atoms with van der Waals surface area (Å²) in [6, 6.07) is 0. The van der Waals surface area contributed by atoms with Gasteiger partial charge in [-0.2, -0.15) is 0 Å². The zero-order valence-electron chi connectivity index (χ0n) is 40.3. The van der Waals surface area contributed by atoms with Crippen molar-refractivity contribution in [2.45, 2.75) is 207 Å². The quantitative estimate of drug-likeness (QED) is 0.0263. The molecule has 0 saturated carbocycles. The molecule has 0 radical (unpaired) electrons. The fourth-order valence-electron chi connectivity index (χ4n) is 6.20. The molecule has 0 rings (SSSR count). The first-order chi connectivity index (χ1) is 31.0. The summed E-state index contributed by atoms with van der Waals surface area (Å²) in [6.45, 7) is 6.27. The van der Waals surface area contributed by atoms with E-state index in [1.54, 1.807) is 0 Å². The van der Waals surface area contributed by atoms with Gasteiger partial charge < -0.3 is 14.2 Å². The molecule has 0 spiro atoms. The van der Waals surface area contributed by atoms with Crippen molar-refractivity contribution < 1.29 is 28.6 Å². The van der Waals surface area contributed by atoms with E-state index in [2.05, 4.69) is 142 Å². The van der Waals surface area contributed by atoms with E-state index in [0.717, 1.165) is 128 Å². The highest BCUT2D eigenvalue weighted by molar-refractivity contribution is 5.71. The van der Waals surface area contributed by atoms with Crippen LogP contribution >= 0.6 is 0 Å². The summed E-state index contributed by atoms with van der Waals surface area (Å²) in [5.41, 5.74) is 0. The molecule has 0 amide bonds. The summed E-state index contributed by atoms with van der Waals surface area (Å²) in [7, 11) is 0. The van der Waals surface area contributed by atoms with Gasteiger partial charge in [-0.25, -0.2) is 0 Å². The smallest absolute Gasteiger partial charge is 0.306 e. The van der Waals surface area contributed by atoms with Crippen LogP contribution in [0.1, 0.15) is 201 Å². The van der Waals surface area contributed by atoms with Crippen molar-refractivity contribution in [3.05, 3.63) is 122 Å². The van der Waals surface area contributed by atoms with Gasteiger partial charge in [-0.15, -0.1) is 0 Å². The lowest BCUT2D eigenvalue weighted by atomic mass is 10.1. The third kappa shape index (κ3) is 48.7. The SMILES string of the molecule is CC/C=C\C/C=C\C/C=C\C/C=C\C/C=C\CCCCCC(=O)OC[C@@H](COC(=O)CCCCCCC/C=C\CCCC)OC(=O)CCCC/C=C\C/C=C\C/C=C\C/C=C\CC. The Kier molecular flexibility index (Phi) is 47.1. The monoisotopic (exact) mass is 871 g/mol. The molecule has 0 bridgehead atoms. The molecule has 0 aliphatic carbocycles. The number of ether oxygens (including phenoxy) is 3. The molecule has 1 atom stereocenters. The van der Waals surface area contributed by atoms with Gasteiger partial charge in [0.1, 0.15) is 13.2 Å². The Balaban J connectivity index is 4.53. The fraction of sp³-hybridized carbons (Fsp3) is 0.596. The third-order valence-electron chi connectivity index (χ3n) is 9.93. The summed E-state index contributed by atoms with van der Waals surface area (Å²) in [5.74, 6) is -1.01. The van der Waals surface area contributed by atoms with E-state index in [0.29, 0.717) is 19.3 Å². The number of esters is 3. The number of allylic oxidation sites excluding steroid dienone is 20. The summed E-state index contributed by atoms with van der Waals surface area (Å²) in [4.78, 5) is 37.9. The Morgan fingerprint density at radius 2 is 0.619 bits per heavy atom. The second-order valence-electron chi connectivity index (χ2n) is 16.0. The molecular weight excluding hydrogens is 781 g/mol. The van der Waals surface area contributed by atoms with Crippen molar-refractivity contribution in [3.8, 4) is 0 Å². The average Bonchev–Trinajstić information content (AvgIpc) is 3.28. The summed E-state index contributed by atoms with van der Waals surface area (Å²) in [6.07, 6.45) is 69.0. The maximum absolute atomic E-state index is 12.8. The Morgan fingerprint density at radius 3 is 1.03 bits per heavy atom. The molecule has 0 heterocycles. The van der Waals surface area contributed by atoms with Gasteiger partial charge in [0.25, 0.3) is 0 Å². The van der Waals surface area contributed by atoms with Gasteiger partial charge in [-0.1, -0.05) is 181 Å². The van der Waals surface area contributed by atoms with Crippen molar-refractivity contribution in [2.75, 3.05) is 13.2 Å². The molecular formula is C57H90O6. The van der Waals surface area contributed by atoms with Gasteiger partial charge in [0, 0.05) is 19.3 Å². The summed E-state index contributed by atoms with van der Waals surface area (Å²) in [5, 5.41) is 0. The van der Waals surface area contributed by atoms with Crippen LogP contribution in [-0.2, 0) is 28.6 Å². The van der Waals surface area contributed by atoms with Crippen LogP contribution in [-0.4, -0.2) is 37.2 Å². The van der Waals surface area contributed by atoms with Crippen LogP contribution < -0.4 is 0 Å². The lowest BCUT2D eigenvalue weighted by molar-refractivity contribution is -0.167. The van der Waals surface area contributed by atoms with Crippen LogP contribution in [0.3, 0.4) is 0 Å².